The summed E-state index contributed by atoms with van der Waals surface area (Å²) in [4.78, 5) is 22.9. The van der Waals surface area contributed by atoms with Crippen molar-refractivity contribution in [3.63, 3.8) is 0 Å². The monoisotopic (exact) mass is 240 g/mol. The highest BCUT2D eigenvalue weighted by atomic mass is 16.4. The maximum atomic E-state index is 11.7. The van der Waals surface area contributed by atoms with Crippen molar-refractivity contribution in [3.8, 4) is 0 Å². The second kappa shape index (κ2) is 4.55. The molecule has 2 fully saturated rings. The van der Waals surface area contributed by atoms with Crippen molar-refractivity contribution in [3.05, 3.63) is 0 Å². The fraction of sp³-hybridized carbons (Fsp3) is 0.833. The van der Waals surface area contributed by atoms with Crippen molar-refractivity contribution in [1.82, 2.24) is 10.6 Å². The molecule has 2 aliphatic carbocycles. The van der Waals surface area contributed by atoms with Crippen LogP contribution in [0.5, 0.6) is 0 Å². The molecule has 0 heterocycles. The average Bonchev–Trinajstić information content (AvgIpc) is 2.97. The van der Waals surface area contributed by atoms with Gasteiger partial charge in [0, 0.05) is 6.54 Å². The van der Waals surface area contributed by atoms with Gasteiger partial charge in [-0.15, -0.1) is 0 Å². The van der Waals surface area contributed by atoms with Crippen LogP contribution in [0.25, 0.3) is 0 Å². The molecule has 5 heteroatoms. The second-order valence-corrected chi connectivity index (χ2v) is 5.41. The van der Waals surface area contributed by atoms with Gasteiger partial charge in [0.1, 0.15) is 5.54 Å². The van der Waals surface area contributed by atoms with Gasteiger partial charge in [-0.25, -0.2) is 9.59 Å². The molecule has 0 saturated heterocycles. The van der Waals surface area contributed by atoms with Crippen molar-refractivity contribution in [2.75, 3.05) is 6.54 Å². The highest BCUT2D eigenvalue weighted by Gasteiger charge is 2.48. The number of carbonyl (C=O) groups is 2. The van der Waals surface area contributed by atoms with Crippen LogP contribution < -0.4 is 10.6 Å². The van der Waals surface area contributed by atoms with Gasteiger partial charge >= 0.3 is 12.0 Å². The van der Waals surface area contributed by atoms with Gasteiger partial charge in [0.25, 0.3) is 0 Å². The van der Waals surface area contributed by atoms with E-state index in [0.29, 0.717) is 12.5 Å². The maximum Gasteiger partial charge on any atom is 0.329 e. The minimum Gasteiger partial charge on any atom is -0.480 e. The Hall–Kier alpha value is -1.26. The van der Waals surface area contributed by atoms with E-state index in [4.69, 9.17) is 0 Å². The first-order valence-electron chi connectivity index (χ1n) is 6.32. The lowest BCUT2D eigenvalue weighted by Gasteiger charge is -2.29. The Morgan fingerprint density at radius 3 is 2.35 bits per heavy atom. The predicted octanol–water partition coefficient (Wildman–Crippen LogP) is 1.34. The number of amides is 2. The molecule has 2 aliphatic rings. The van der Waals surface area contributed by atoms with E-state index >= 15 is 0 Å². The van der Waals surface area contributed by atoms with Crippen LogP contribution >= 0.6 is 0 Å². The van der Waals surface area contributed by atoms with E-state index in [1.165, 1.54) is 19.3 Å². The molecular weight excluding hydrogens is 220 g/mol. The lowest BCUT2D eigenvalue weighted by atomic mass is 9.85. The molecule has 0 spiro atoms. The third kappa shape index (κ3) is 2.70. The zero-order valence-electron chi connectivity index (χ0n) is 10.2. The molecule has 1 unspecified atom stereocenters. The maximum absolute atomic E-state index is 11.7. The predicted molar refractivity (Wildman–Crippen MR) is 62.6 cm³/mol. The van der Waals surface area contributed by atoms with Crippen LogP contribution in [0.1, 0.15) is 39.0 Å². The Kier molecular flexibility index (Phi) is 3.26. The molecule has 0 bridgehead atoms. The smallest absolute Gasteiger partial charge is 0.329 e. The molecule has 0 aromatic carbocycles. The SMILES string of the molecule is CC(NC(=O)NCC1CCC1)(C(=O)O)C1CC1. The van der Waals surface area contributed by atoms with Gasteiger partial charge in [0.2, 0.25) is 0 Å². The number of carboxylic acid groups (broad SMARTS) is 1. The first-order chi connectivity index (χ1) is 8.02. The van der Waals surface area contributed by atoms with E-state index in [0.717, 1.165) is 12.8 Å². The molecule has 0 radical (unpaired) electrons. The normalized spacial score (nSPS) is 23.4. The first-order valence-corrected chi connectivity index (χ1v) is 6.32. The number of hydrogen-bond acceptors (Lipinski definition) is 2. The van der Waals surface area contributed by atoms with E-state index in [9.17, 15) is 14.7 Å². The van der Waals surface area contributed by atoms with E-state index in [1.54, 1.807) is 6.92 Å². The summed E-state index contributed by atoms with van der Waals surface area (Å²) in [6.07, 6.45) is 5.33. The molecule has 96 valence electrons. The van der Waals surface area contributed by atoms with Crippen molar-refractivity contribution >= 4 is 12.0 Å². The molecule has 2 rings (SSSR count). The van der Waals surface area contributed by atoms with Gasteiger partial charge in [0.05, 0.1) is 0 Å². The molecule has 3 N–H and O–H groups in total. The van der Waals surface area contributed by atoms with E-state index in [-0.39, 0.29) is 11.9 Å². The Balaban J connectivity index is 1.80. The number of aliphatic carboxylic acids is 1. The Morgan fingerprint density at radius 1 is 1.29 bits per heavy atom. The average molecular weight is 240 g/mol. The third-order valence-corrected chi connectivity index (χ3v) is 3.99. The van der Waals surface area contributed by atoms with Crippen LogP contribution in [-0.4, -0.2) is 29.2 Å². The highest BCUT2D eigenvalue weighted by molar-refractivity contribution is 5.86. The lowest BCUT2D eigenvalue weighted by molar-refractivity contribution is -0.144. The van der Waals surface area contributed by atoms with Crippen molar-refractivity contribution in [2.45, 2.75) is 44.6 Å². The summed E-state index contributed by atoms with van der Waals surface area (Å²) in [6, 6.07) is -0.353. The van der Waals surface area contributed by atoms with Gasteiger partial charge in [-0.1, -0.05) is 6.42 Å². The van der Waals surface area contributed by atoms with Crippen LogP contribution in [0.15, 0.2) is 0 Å². The van der Waals surface area contributed by atoms with Gasteiger partial charge in [-0.05, 0) is 44.4 Å². The van der Waals surface area contributed by atoms with Crippen molar-refractivity contribution < 1.29 is 14.7 Å². The Bertz CT molecular complexity index is 324. The first kappa shape index (κ1) is 12.2. The van der Waals surface area contributed by atoms with Gasteiger partial charge in [-0.3, -0.25) is 0 Å². The van der Waals surface area contributed by atoms with E-state index in [2.05, 4.69) is 10.6 Å². The van der Waals surface area contributed by atoms with Crippen LogP contribution in [0.2, 0.25) is 0 Å². The van der Waals surface area contributed by atoms with Gasteiger partial charge < -0.3 is 15.7 Å². The van der Waals surface area contributed by atoms with Crippen molar-refractivity contribution in [2.24, 2.45) is 11.8 Å². The number of rotatable bonds is 5. The summed E-state index contributed by atoms with van der Waals surface area (Å²) in [5, 5.41) is 14.6. The summed E-state index contributed by atoms with van der Waals surface area (Å²) in [6.45, 7) is 2.25. The summed E-state index contributed by atoms with van der Waals surface area (Å²) in [5.41, 5.74) is -1.11. The highest BCUT2D eigenvalue weighted by Crippen LogP contribution is 2.39. The Morgan fingerprint density at radius 2 is 1.94 bits per heavy atom. The summed E-state index contributed by atoms with van der Waals surface area (Å²) >= 11 is 0. The number of hydrogen-bond donors (Lipinski definition) is 3. The third-order valence-electron chi connectivity index (χ3n) is 3.99. The zero-order chi connectivity index (χ0) is 12.5. The largest absolute Gasteiger partial charge is 0.480 e. The zero-order valence-corrected chi connectivity index (χ0v) is 10.2. The van der Waals surface area contributed by atoms with Crippen LogP contribution in [0.3, 0.4) is 0 Å². The lowest BCUT2D eigenvalue weighted by Crippen LogP contribution is -2.57. The number of nitrogens with one attached hydrogen (secondary N) is 2. The van der Waals surface area contributed by atoms with Gasteiger partial charge in [0.15, 0.2) is 0 Å². The molecule has 5 nitrogen and oxygen atoms in total. The molecular formula is C12H20N2O3. The minimum absolute atomic E-state index is 0.0782. The Labute approximate surface area is 101 Å². The fourth-order valence-corrected chi connectivity index (χ4v) is 2.20. The molecule has 2 saturated carbocycles. The van der Waals surface area contributed by atoms with Crippen LogP contribution in [-0.2, 0) is 4.79 Å². The summed E-state index contributed by atoms with van der Waals surface area (Å²) in [7, 11) is 0. The van der Waals surface area contributed by atoms with Crippen LogP contribution in [0.4, 0.5) is 4.79 Å². The molecule has 0 aliphatic heterocycles. The standard InChI is InChI=1S/C12H20N2O3/c1-12(10(15)16,9-5-6-9)14-11(17)13-7-8-3-2-4-8/h8-9H,2-7H2,1H3,(H,15,16)(H2,13,14,17). The topological polar surface area (TPSA) is 78.4 Å². The summed E-state index contributed by atoms with van der Waals surface area (Å²) < 4.78 is 0. The molecule has 0 aromatic rings. The molecule has 0 aromatic heterocycles. The van der Waals surface area contributed by atoms with Crippen LogP contribution in [0, 0.1) is 11.8 Å². The van der Waals surface area contributed by atoms with E-state index in [1.807, 2.05) is 0 Å². The number of carbonyl (C=O) groups excluding carboxylic acids is 1. The number of urea groups is 1. The fourth-order valence-electron chi connectivity index (χ4n) is 2.20. The molecule has 1 atom stereocenters. The number of carboxylic acids is 1. The molecule has 17 heavy (non-hydrogen) atoms. The van der Waals surface area contributed by atoms with Gasteiger partial charge in [-0.2, -0.15) is 0 Å². The van der Waals surface area contributed by atoms with Crippen molar-refractivity contribution in [1.29, 1.82) is 0 Å². The summed E-state index contributed by atoms with van der Waals surface area (Å²) in [5.74, 6) is -0.286. The minimum atomic E-state index is -1.11. The molecule has 2 amide bonds. The van der Waals surface area contributed by atoms with E-state index < -0.39 is 11.5 Å². The quantitative estimate of drug-likeness (QED) is 0.678. The second-order valence-electron chi connectivity index (χ2n) is 5.41.